The van der Waals surface area contributed by atoms with Crippen molar-refractivity contribution < 1.29 is 9.90 Å². The maximum Gasteiger partial charge on any atom is 0.323 e. The van der Waals surface area contributed by atoms with E-state index < -0.39 is 11.5 Å². The summed E-state index contributed by atoms with van der Waals surface area (Å²) in [6.45, 7) is 6.14. The van der Waals surface area contributed by atoms with Gasteiger partial charge in [0.05, 0.1) is 0 Å². The van der Waals surface area contributed by atoms with Gasteiger partial charge in [0.15, 0.2) is 0 Å². The number of carbonyl (C=O) groups is 1. The number of likely N-dealkylation sites (tertiary alicyclic amines) is 2. The molecule has 0 radical (unpaired) electrons. The molecular formula is C15H29N3O2. The molecule has 3 N–H and O–H groups in total. The normalized spacial score (nSPS) is 31.6. The molecule has 0 aromatic heterocycles. The zero-order chi connectivity index (χ0) is 14.8. The summed E-state index contributed by atoms with van der Waals surface area (Å²) in [5.41, 5.74) is 4.69. The van der Waals surface area contributed by atoms with Gasteiger partial charge in [-0.2, -0.15) is 0 Å². The highest BCUT2D eigenvalue weighted by molar-refractivity contribution is 5.77. The van der Waals surface area contributed by atoms with Crippen LogP contribution < -0.4 is 5.73 Å². The van der Waals surface area contributed by atoms with Crippen LogP contribution in [0.5, 0.6) is 0 Å². The lowest BCUT2D eigenvalue weighted by atomic mass is 9.84. The number of carboxylic acids is 1. The molecule has 2 rings (SSSR count). The molecule has 20 heavy (non-hydrogen) atoms. The van der Waals surface area contributed by atoms with Crippen molar-refractivity contribution in [2.45, 2.75) is 50.6 Å². The SMILES string of the molecule is CN1CCCC2CN(CCCC(C)(N)C(=O)O)CCC21. The standard InChI is InChI=1S/C15H29N3O2/c1-15(16,14(19)20)7-4-9-18-10-6-13-12(11-18)5-3-8-17(13)2/h12-13H,3-11,16H2,1-2H3,(H,19,20). The Labute approximate surface area is 122 Å². The lowest BCUT2D eigenvalue weighted by Crippen LogP contribution is -2.53. The Morgan fingerprint density at radius 1 is 1.40 bits per heavy atom. The van der Waals surface area contributed by atoms with Crippen molar-refractivity contribution in [3.05, 3.63) is 0 Å². The average Bonchev–Trinajstić information content (AvgIpc) is 2.38. The number of nitrogens with two attached hydrogens (primary N) is 1. The first kappa shape index (κ1) is 15.7. The molecule has 0 aliphatic carbocycles. The van der Waals surface area contributed by atoms with E-state index >= 15 is 0 Å². The lowest BCUT2D eigenvalue weighted by Gasteiger charge is -2.46. The number of carboxylic acid groups (broad SMARTS) is 1. The van der Waals surface area contributed by atoms with Gasteiger partial charge < -0.3 is 20.6 Å². The minimum Gasteiger partial charge on any atom is -0.480 e. The second-order valence-electron chi connectivity index (χ2n) is 6.87. The van der Waals surface area contributed by atoms with Gasteiger partial charge in [0, 0.05) is 12.6 Å². The third-order valence-corrected chi connectivity index (χ3v) is 5.09. The molecular weight excluding hydrogens is 254 g/mol. The van der Waals surface area contributed by atoms with E-state index in [1.165, 1.54) is 32.4 Å². The molecule has 2 aliphatic rings. The van der Waals surface area contributed by atoms with Crippen LogP contribution in [-0.2, 0) is 4.79 Å². The van der Waals surface area contributed by atoms with Crippen LogP contribution in [0.4, 0.5) is 0 Å². The molecule has 3 atom stereocenters. The van der Waals surface area contributed by atoms with Crippen LogP contribution in [0.25, 0.3) is 0 Å². The number of hydrogen-bond acceptors (Lipinski definition) is 4. The van der Waals surface area contributed by atoms with Crippen LogP contribution in [0.1, 0.15) is 39.0 Å². The molecule has 2 aliphatic heterocycles. The Hall–Kier alpha value is -0.650. The fourth-order valence-electron chi connectivity index (χ4n) is 3.71. The highest BCUT2D eigenvalue weighted by Gasteiger charge is 2.34. The maximum atomic E-state index is 11.0. The van der Waals surface area contributed by atoms with Crippen molar-refractivity contribution in [1.29, 1.82) is 0 Å². The van der Waals surface area contributed by atoms with Crippen molar-refractivity contribution >= 4 is 5.97 Å². The summed E-state index contributed by atoms with van der Waals surface area (Å²) in [4.78, 5) is 16.0. The van der Waals surface area contributed by atoms with E-state index in [2.05, 4.69) is 16.8 Å². The van der Waals surface area contributed by atoms with E-state index in [9.17, 15) is 4.79 Å². The Morgan fingerprint density at radius 3 is 2.85 bits per heavy atom. The first-order valence-electron chi connectivity index (χ1n) is 7.85. The molecule has 0 bridgehead atoms. The highest BCUT2D eigenvalue weighted by Crippen LogP contribution is 2.29. The van der Waals surface area contributed by atoms with Crippen LogP contribution >= 0.6 is 0 Å². The smallest absolute Gasteiger partial charge is 0.323 e. The molecule has 0 aromatic carbocycles. The van der Waals surface area contributed by atoms with E-state index in [-0.39, 0.29) is 0 Å². The topological polar surface area (TPSA) is 69.8 Å². The number of rotatable bonds is 5. The van der Waals surface area contributed by atoms with Gasteiger partial charge in [0.1, 0.15) is 5.54 Å². The van der Waals surface area contributed by atoms with E-state index in [0.29, 0.717) is 6.42 Å². The van der Waals surface area contributed by atoms with Gasteiger partial charge in [-0.1, -0.05) is 0 Å². The van der Waals surface area contributed by atoms with Crippen LogP contribution in [0.2, 0.25) is 0 Å². The zero-order valence-corrected chi connectivity index (χ0v) is 12.8. The first-order chi connectivity index (χ1) is 9.40. The van der Waals surface area contributed by atoms with Crippen molar-refractivity contribution in [1.82, 2.24) is 9.80 Å². The number of aliphatic carboxylic acids is 1. The monoisotopic (exact) mass is 283 g/mol. The molecule has 2 saturated heterocycles. The molecule has 0 spiro atoms. The predicted molar refractivity (Wildman–Crippen MR) is 79.7 cm³/mol. The van der Waals surface area contributed by atoms with Crippen LogP contribution in [0, 0.1) is 5.92 Å². The minimum absolute atomic E-state index is 0.548. The van der Waals surface area contributed by atoms with Crippen LogP contribution in [0.3, 0.4) is 0 Å². The summed E-state index contributed by atoms with van der Waals surface area (Å²) in [5, 5.41) is 9.02. The van der Waals surface area contributed by atoms with E-state index in [0.717, 1.165) is 31.5 Å². The lowest BCUT2D eigenvalue weighted by molar-refractivity contribution is -0.143. The molecule has 2 fully saturated rings. The van der Waals surface area contributed by atoms with Gasteiger partial charge in [-0.05, 0) is 71.6 Å². The summed E-state index contributed by atoms with van der Waals surface area (Å²) in [6.07, 6.45) is 5.32. The van der Waals surface area contributed by atoms with Gasteiger partial charge in [0.2, 0.25) is 0 Å². The minimum atomic E-state index is -1.08. The summed E-state index contributed by atoms with van der Waals surface area (Å²) in [7, 11) is 2.25. The van der Waals surface area contributed by atoms with Crippen molar-refractivity contribution in [3.63, 3.8) is 0 Å². The van der Waals surface area contributed by atoms with Crippen molar-refractivity contribution in [3.8, 4) is 0 Å². The van der Waals surface area contributed by atoms with Gasteiger partial charge >= 0.3 is 5.97 Å². The largest absolute Gasteiger partial charge is 0.480 e. The third kappa shape index (κ3) is 3.71. The quantitative estimate of drug-likeness (QED) is 0.787. The van der Waals surface area contributed by atoms with E-state index in [1.807, 2.05) is 0 Å². The number of hydrogen-bond donors (Lipinski definition) is 2. The Morgan fingerprint density at radius 2 is 2.15 bits per heavy atom. The zero-order valence-electron chi connectivity index (χ0n) is 12.8. The summed E-state index contributed by atoms with van der Waals surface area (Å²) in [6, 6.07) is 0.763. The average molecular weight is 283 g/mol. The molecule has 5 nitrogen and oxygen atoms in total. The Balaban J connectivity index is 1.74. The van der Waals surface area contributed by atoms with E-state index in [1.54, 1.807) is 6.92 Å². The molecule has 2 heterocycles. The summed E-state index contributed by atoms with van der Waals surface area (Å²) >= 11 is 0. The van der Waals surface area contributed by atoms with Gasteiger partial charge in [-0.25, -0.2) is 0 Å². The summed E-state index contributed by atoms with van der Waals surface area (Å²) < 4.78 is 0. The number of nitrogens with zero attached hydrogens (tertiary/aromatic N) is 2. The summed E-state index contributed by atoms with van der Waals surface area (Å²) in [5.74, 6) is -0.101. The fraction of sp³-hybridized carbons (Fsp3) is 0.933. The number of piperidine rings is 2. The Bertz CT molecular complexity index is 346. The van der Waals surface area contributed by atoms with Crippen LogP contribution in [-0.4, -0.2) is 65.7 Å². The second-order valence-corrected chi connectivity index (χ2v) is 6.87. The molecule has 5 heteroatoms. The molecule has 116 valence electrons. The maximum absolute atomic E-state index is 11.0. The van der Waals surface area contributed by atoms with Crippen LogP contribution in [0.15, 0.2) is 0 Å². The van der Waals surface area contributed by atoms with Gasteiger partial charge in [0.25, 0.3) is 0 Å². The van der Waals surface area contributed by atoms with Crippen molar-refractivity contribution in [2.24, 2.45) is 11.7 Å². The van der Waals surface area contributed by atoms with Gasteiger partial charge in [-0.15, -0.1) is 0 Å². The highest BCUT2D eigenvalue weighted by atomic mass is 16.4. The van der Waals surface area contributed by atoms with Gasteiger partial charge in [-0.3, -0.25) is 4.79 Å². The van der Waals surface area contributed by atoms with E-state index in [4.69, 9.17) is 10.8 Å². The predicted octanol–water partition coefficient (Wildman–Crippen LogP) is 0.985. The third-order valence-electron chi connectivity index (χ3n) is 5.09. The molecule has 0 saturated carbocycles. The Kier molecular flexibility index (Phi) is 5.04. The fourth-order valence-corrected chi connectivity index (χ4v) is 3.71. The molecule has 3 unspecified atom stereocenters. The molecule has 0 amide bonds. The van der Waals surface area contributed by atoms with Crippen molar-refractivity contribution in [2.75, 3.05) is 33.2 Å². The first-order valence-corrected chi connectivity index (χ1v) is 7.85. The number of fused-ring (bicyclic) bond motifs is 1. The molecule has 0 aromatic rings. The second kappa shape index (κ2) is 6.41.